The first-order valence-electron chi connectivity index (χ1n) is 10.4. The standard InChI is InChI=1S/C23H28FNO5S/c1-17(2)14-23(26)25(16-20-7-5-13-29-20)15-18-6-3-4-8-22(18)30-31(27,28)21-11-9-19(24)10-12-21/h3-4,6,8-12,17,20H,5,7,13-16H2,1-2H3/t20-/m0/s1. The Balaban J connectivity index is 1.82. The number of hydrogen-bond acceptors (Lipinski definition) is 5. The highest BCUT2D eigenvalue weighted by atomic mass is 32.2. The molecule has 8 heteroatoms. The van der Waals surface area contributed by atoms with Gasteiger partial charge in [-0.1, -0.05) is 32.0 Å². The van der Waals surface area contributed by atoms with Crippen LogP contribution in [0.5, 0.6) is 5.75 Å². The first-order valence-corrected chi connectivity index (χ1v) is 11.8. The number of rotatable bonds is 9. The molecule has 168 valence electrons. The summed E-state index contributed by atoms with van der Waals surface area (Å²) in [6, 6.07) is 11.2. The normalized spacial score (nSPS) is 16.5. The van der Waals surface area contributed by atoms with Gasteiger partial charge in [0.05, 0.1) is 6.10 Å². The van der Waals surface area contributed by atoms with E-state index in [0.717, 1.165) is 37.1 Å². The fourth-order valence-corrected chi connectivity index (χ4v) is 4.42. The van der Waals surface area contributed by atoms with E-state index in [-0.39, 0.29) is 35.1 Å². The van der Waals surface area contributed by atoms with Crippen LogP contribution in [0.2, 0.25) is 0 Å². The molecular formula is C23H28FNO5S. The zero-order chi connectivity index (χ0) is 22.4. The SMILES string of the molecule is CC(C)CC(=O)N(Cc1ccccc1OS(=O)(=O)c1ccc(F)cc1)C[C@@H]1CCCO1. The van der Waals surface area contributed by atoms with Crippen molar-refractivity contribution in [1.82, 2.24) is 4.90 Å². The molecule has 0 bridgehead atoms. The molecule has 0 radical (unpaired) electrons. The van der Waals surface area contributed by atoms with Crippen LogP contribution in [0.15, 0.2) is 53.4 Å². The minimum absolute atomic E-state index is 0.0123. The largest absolute Gasteiger partial charge is 0.379 e. The maximum Gasteiger partial charge on any atom is 0.339 e. The molecular weight excluding hydrogens is 421 g/mol. The summed E-state index contributed by atoms with van der Waals surface area (Å²) in [5.41, 5.74) is 0.572. The quantitative estimate of drug-likeness (QED) is 0.538. The second kappa shape index (κ2) is 10.2. The zero-order valence-electron chi connectivity index (χ0n) is 17.8. The van der Waals surface area contributed by atoms with E-state index in [9.17, 15) is 17.6 Å². The summed E-state index contributed by atoms with van der Waals surface area (Å²) in [4.78, 5) is 14.4. The Morgan fingerprint density at radius 2 is 1.90 bits per heavy atom. The van der Waals surface area contributed by atoms with Gasteiger partial charge in [0.15, 0.2) is 0 Å². The first-order chi connectivity index (χ1) is 14.7. The topological polar surface area (TPSA) is 72.9 Å². The van der Waals surface area contributed by atoms with E-state index in [1.54, 1.807) is 29.2 Å². The summed E-state index contributed by atoms with van der Waals surface area (Å²) >= 11 is 0. The molecule has 6 nitrogen and oxygen atoms in total. The molecule has 1 heterocycles. The fraction of sp³-hybridized carbons (Fsp3) is 0.435. The van der Waals surface area contributed by atoms with Gasteiger partial charge in [0.25, 0.3) is 0 Å². The van der Waals surface area contributed by atoms with Crippen molar-refractivity contribution in [3.8, 4) is 5.75 Å². The summed E-state index contributed by atoms with van der Waals surface area (Å²) in [7, 11) is -4.14. The van der Waals surface area contributed by atoms with Gasteiger partial charge in [-0.25, -0.2) is 4.39 Å². The van der Waals surface area contributed by atoms with Gasteiger partial charge in [0, 0.05) is 31.7 Å². The summed E-state index contributed by atoms with van der Waals surface area (Å²) in [5.74, 6) is -0.208. The van der Waals surface area contributed by atoms with E-state index >= 15 is 0 Å². The Kier molecular flexibility index (Phi) is 7.67. The average molecular weight is 450 g/mol. The molecule has 1 amide bonds. The Morgan fingerprint density at radius 1 is 1.19 bits per heavy atom. The molecule has 2 aromatic rings. The summed E-state index contributed by atoms with van der Waals surface area (Å²) < 4.78 is 49.6. The van der Waals surface area contributed by atoms with E-state index in [0.29, 0.717) is 25.1 Å². The molecule has 0 unspecified atom stereocenters. The molecule has 0 N–H and O–H groups in total. The molecule has 0 aliphatic carbocycles. The van der Waals surface area contributed by atoms with Crippen LogP contribution in [0.4, 0.5) is 4.39 Å². The van der Waals surface area contributed by atoms with Crippen LogP contribution in [0, 0.1) is 11.7 Å². The number of halogens is 1. The van der Waals surface area contributed by atoms with Crippen molar-refractivity contribution in [2.75, 3.05) is 13.2 Å². The number of hydrogen-bond donors (Lipinski definition) is 0. The van der Waals surface area contributed by atoms with E-state index in [2.05, 4.69) is 0 Å². The third-order valence-corrected chi connectivity index (χ3v) is 6.27. The summed E-state index contributed by atoms with van der Waals surface area (Å²) in [5, 5.41) is 0. The second-order valence-corrected chi connectivity index (χ2v) is 9.65. The second-order valence-electron chi connectivity index (χ2n) is 8.11. The highest BCUT2D eigenvalue weighted by Gasteiger charge is 2.25. The van der Waals surface area contributed by atoms with Crippen LogP contribution in [-0.4, -0.2) is 38.5 Å². The highest BCUT2D eigenvalue weighted by molar-refractivity contribution is 7.87. The van der Waals surface area contributed by atoms with Crippen LogP contribution in [0.3, 0.4) is 0 Å². The molecule has 1 atom stereocenters. The minimum atomic E-state index is -4.14. The lowest BCUT2D eigenvalue weighted by Gasteiger charge is -2.27. The van der Waals surface area contributed by atoms with E-state index < -0.39 is 15.9 Å². The Labute approximate surface area is 183 Å². The molecule has 1 aliphatic heterocycles. The monoisotopic (exact) mass is 449 g/mol. The van der Waals surface area contributed by atoms with Gasteiger partial charge in [-0.05, 0) is 49.1 Å². The third kappa shape index (κ3) is 6.51. The number of carbonyl (C=O) groups excluding carboxylic acids is 1. The maximum absolute atomic E-state index is 13.2. The zero-order valence-corrected chi connectivity index (χ0v) is 18.6. The van der Waals surface area contributed by atoms with Crippen LogP contribution < -0.4 is 4.18 Å². The Morgan fingerprint density at radius 3 is 2.55 bits per heavy atom. The molecule has 0 spiro atoms. The van der Waals surface area contributed by atoms with Gasteiger partial charge in [0.1, 0.15) is 16.5 Å². The van der Waals surface area contributed by atoms with Crippen LogP contribution >= 0.6 is 0 Å². The molecule has 2 aromatic carbocycles. The highest BCUT2D eigenvalue weighted by Crippen LogP contribution is 2.26. The molecule has 0 aromatic heterocycles. The lowest BCUT2D eigenvalue weighted by atomic mass is 10.1. The van der Waals surface area contributed by atoms with Gasteiger partial charge in [-0.2, -0.15) is 8.42 Å². The van der Waals surface area contributed by atoms with E-state index in [1.165, 1.54) is 0 Å². The number of nitrogens with zero attached hydrogens (tertiary/aromatic N) is 1. The smallest absolute Gasteiger partial charge is 0.339 e. The maximum atomic E-state index is 13.2. The van der Waals surface area contributed by atoms with Gasteiger partial charge >= 0.3 is 10.1 Å². The number of carbonyl (C=O) groups is 1. The van der Waals surface area contributed by atoms with E-state index in [4.69, 9.17) is 8.92 Å². The van der Waals surface area contributed by atoms with Crippen molar-refractivity contribution in [3.05, 3.63) is 59.9 Å². The number of para-hydroxylation sites is 1. The van der Waals surface area contributed by atoms with Gasteiger partial charge < -0.3 is 13.8 Å². The molecule has 3 rings (SSSR count). The van der Waals surface area contributed by atoms with Gasteiger partial charge in [0.2, 0.25) is 5.91 Å². The van der Waals surface area contributed by atoms with Crippen molar-refractivity contribution >= 4 is 16.0 Å². The number of benzene rings is 2. The third-order valence-electron chi connectivity index (χ3n) is 5.02. The predicted molar refractivity (Wildman–Crippen MR) is 115 cm³/mol. The lowest BCUT2D eigenvalue weighted by Crippen LogP contribution is -2.37. The Bertz CT molecular complexity index is 985. The summed E-state index contributed by atoms with van der Waals surface area (Å²) in [6.45, 7) is 5.31. The van der Waals surface area contributed by atoms with Gasteiger partial charge in [-0.3, -0.25) is 4.79 Å². The van der Waals surface area contributed by atoms with Crippen molar-refractivity contribution in [3.63, 3.8) is 0 Å². The molecule has 1 saturated heterocycles. The molecule has 0 saturated carbocycles. The Hall–Kier alpha value is -2.45. The van der Waals surface area contributed by atoms with Gasteiger partial charge in [-0.15, -0.1) is 0 Å². The number of amides is 1. The van der Waals surface area contributed by atoms with Crippen molar-refractivity contribution in [2.45, 2.75) is 50.7 Å². The molecule has 1 fully saturated rings. The summed E-state index contributed by atoms with van der Waals surface area (Å²) in [6.07, 6.45) is 2.23. The first kappa shape index (κ1) is 23.2. The van der Waals surface area contributed by atoms with Crippen LogP contribution in [-0.2, 0) is 26.2 Å². The van der Waals surface area contributed by atoms with Crippen molar-refractivity contribution in [1.29, 1.82) is 0 Å². The molecule has 31 heavy (non-hydrogen) atoms. The molecule has 1 aliphatic rings. The minimum Gasteiger partial charge on any atom is -0.379 e. The van der Waals surface area contributed by atoms with Crippen LogP contribution in [0.25, 0.3) is 0 Å². The van der Waals surface area contributed by atoms with Crippen LogP contribution in [0.1, 0.15) is 38.7 Å². The average Bonchev–Trinajstić information content (AvgIpc) is 3.21. The van der Waals surface area contributed by atoms with Crippen molar-refractivity contribution < 1.29 is 26.5 Å². The van der Waals surface area contributed by atoms with Crippen molar-refractivity contribution in [2.24, 2.45) is 5.92 Å². The number of ether oxygens (including phenoxy) is 1. The van der Waals surface area contributed by atoms with E-state index in [1.807, 2.05) is 13.8 Å². The lowest BCUT2D eigenvalue weighted by molar-refractivity contribution is -0.134. The predicted octanol–water partition coefficient (Wildman–Crippen LogP) is 4.15. The fourth-order valence-electron chi connectivity index (χ4n) is 3.46.